The number of hydrogen-bond acceptors (Lipinski definition) is 6. The number of amides is 1. The highest BCUT2D eigenvalue weighted by molar-refractivity contribution is 7.14. The lowest BCUT2D eigenvalue weighted by molar-refractivity contribution is 0.102. The number of para-hydroxylation sites is 1. The second-order valence-electron chi connectivity index (χ2n) is 6.90. The maximum Gasteiger partial charge on any atom is 0.261 e. The smallest absolute Gasteiger partial charge is 0.261 e. The molecule has 7 heteroatoms. The van der Waals surface area contributed by atoms with Gasteiger partial charge in [0.25, 0.3) is 5.91 Å². The molecule has 2 aromatic carbocycles. The predicted molar refractivity (Wildman–Crippen MR) is 114 cm³/mol. The number of benzene rings is 2. The maximum atomic E-state index is 12.9. The minimum absolute atomic E-state index is 0.0514. The Morgan fingerprint density at radius 3 is 2.69 bits per heavy atom. The van der Waals surface area contributed by atoms with Gasteiger partial charge in [-0.15, -0.1) is 11.3 Å². The van der Waals surface area contributed by atoms with E-state index in [9.17, 15) is 4.79 Å². The molecule has 0 fully saturated rings. The van der Waals surface area contributed by atoms with Gasteiger partial charge in [-0.05, 0) is 31.2 Å². The number of aromatic nitrogens is 1. The fourth-order valence-electron chi connectivity index (χ4n) is 3.39. The molecule has 1 aliphatic heterocycles. The van der Waals surface area contributed by atoms with Crippen molar-refractivity contribution in [1.29, 1.82) is 0 Å². The van der Waals surface area contributed by atoms with Crippen LogP contribution in [0.2, 0.25) is 0 Å². The molecule has 3 aromatic rings. The van der Waals surface area contributed by atoms with Crippen molar-refractivity contribution in [2.24, 2.45) is 0 Å². The minimum Gasteiger partial charge on any atom is -0.493 e. The third-order valence-electron chi connectivity index (χ3n) is 5.19. The Labute approximate surface area is 173 Å². The molecule has 150 valence electrons. The van der Waals surface area contributed by atoms with Crippen LogP contribution in [0.25, 0.3) is 11.3 Å². The summed E-state index contributed by atoms with van der Waals surface area (Å²) in [4.78, 5) is 17.4. The number of nitrogens with one attached hydrogen (secondary N) is 1. The van der Waals surface area contributed by atoms with E-state index in [2.05, 4.69) is 17.2 Å². The van der Waals surface area contributed by atoms with E-state index < -0.39 is 0 Å². The SMILES string of the molecule is COc1ccc(-c2csc(NC(=O)c3cccc4c3OC(C)C4C)n2)cc1OC. The largest absolute Gasteiger partial charge is 0.493 e. The molecular weight excluding hydrogens is 388 g/mol. The number of carbonyl (C=O) groups excluding carboxylic acids is 1. The van der Waals surface area contributed by atoms with Gasteiger partial charge in [0.1, 0.15) is 11.9 Å². The van der Waals surface area contributed by atoms with Crippen LogP contribution in [0.1, 0.15) is 35.7 Å². The highest BCUT2D eigenvalue weighted by Crippen LogP contribution is 2.40. The van der Waals surface area contributed by atoms with Crippen molar-refractivity contribution in [3.05, 3.63) is 52.9 Å². The van der Waals surface area contributed by atoms with Crippen molar-refractivity contribution in [1.82, 2.24) is 4.98 Å². The molecule has 0 bridgehead atoms. The summed E-state index contributed by atoms with van der Waals surface area (Å²) in [6, 6.07) is 11.3. The normalized spacial score (nSPS) is 17.4. The van der Waals surface area contributed by atoms with E-state index in [1.807, 2.05) is 42.6 Å². The molecule has 0 spiro atoms. The van der Waals surface area contributed by atoms with Crippen LogP contribution in [0.4, 0.5) is 5.13 Å². The number of thiazole rings is 1. The van der Waals surface area contributed by atoms with Crippen LogP contribution in [0.15, 0.2) is 41.8 Å². The predicted octanol–water partition coefficient (Wildman–Crippen LogP) is 4.96. The lowest BCUT2D eigenvalue weighted by atomic mass is 9.97. The summed E-state index contributed by atoms with van der Waals surface area (Å²) in [6.45, 7) is 4.12. The summed E-state index contributed by atoms with van der Waals surface area (Å²) in [5, 5.41) is 5.31. The summed E-state index contributed by atoms with van der Waals surface area (Å²) in [7, 11) is 3.19. The molecular formula is C22H22N2O4S. The number of anilines is 1. The molecule has 4 rings (SSSR count). The summed E-state index contributed by atoms with van der Waals surface area (Å²) < 4.78 is 16.6. The van der Waals surface area contributed by atoms with Crippen molar-refractivity contribution in [3.8, 4) is 28.5 Å². The van der Waals surface area contributed by atoms with Gasteiger partial charge in [0.15, 0.2) is 16.6 Å². The highest BCUT2D eigenvalue weighted by atomic mass is 32.1. The lowest BCUT2D eigenvalue weighted by Crippen LogP contribution is -2.14. The highest BCUT2D eigenvalue weighted by Gasteiger charge is 2.31. The van der Waals surface area contributed by atoms with Crippen molar-refractivity contribution < 1.29 is 19.0 Å². The maximum absolute atomic E-state index is 12.9. The molecule has 0 aliphatic carbocycles. The third kappa shape index (κ3) is 3.53. The standard InChI is InChI=1S/C22H22N2O4S/c1-12-13(2)28-20-15(12)6-5-7-16(20)21(25)24-22-23-17(11-29-22)14-8-9-18(26-3)19(10-14)27-4/h5-13H,1-4H3,(H,23,24,25). The van der Waals surface area contributed by atoms with E-state index >= 15 is 0 Å². The van der Waals surface area contributed by atoms with Gasteiger partial charge in [-0.3, -0.25) is 10.1 Å². The Bertz CT molecular complexity index is 1060. The van der Waals surface area contributed by atoms with E-state index in [-0.39, 0.29) is 17.9 Å². The Hall–Kier alpha value is -3.06. The monoisotopic (exact) mass is 410 g/mol. The van der Waals surface area contributed by atoms with E-state index in [4.69, 9.17) is 14.2 Å². The molecule has 2 atom stereocenters. The van der Waals surface area contributed by atoms with Crippen molar-refractivity contribution in [3.63, 3.8) is 0 Å². The molecule has 0 saturated carbocycles. The molecule has 2 unspecified atom stereocenters. The van der Waals surface area contributed by atoms with Crippen molar-refractivity contribution in [2.75, 3.05) is 19.5 Å². The topological polar surface area (TPSA) is 69.7 Å². The Kier molecular flexibility index (Phi) is 5.15. The van der Waals surface area contributed by atoms with Gasteiger partial charge < -0.3 is 14.2 Å². The van der Waals surface area contributed by atoms with Gasteiger partial charge in [0, 0.05) is 22.4 Å². The van der Waals surface area contributed by atoms with Gasteiger partial charge >= 0.3 is 0 Å². The second-order valence-corrected chi connectivity index (χ2v) is 7.76. The number of rotatable bonds is 5. The Morgan fingerprint density at radius 1 is 1.14 bits per heavy atom. The fraction of sp³-hybridized carbons (Fsp3) is 0.273. The van der Waals surface area contributed by atoms with Gasteiger partial charge in [0.2, 0.25) is 0 Å². The first kappa shape index (κ1) is 19.3. The number of fused-ring (bicyclic) bond motifs is 1. The first-order chi connectivity index (χ1) is 14.0. The van der Waals surface area contributed by atoms with Crippen LogP contribution in [-0.2, 0) is 0 Å². The van der Waals surface area contributed by atoms with E-state index in [1.165, 1.54) is 11.3 Å². The number of ether oxygens (including phenoxy) is 3. The zero-order valence-electron chi connectivity index (χ0n) is 16.7. The summed E-state index contributed by atoms with van der Waals surface area (Å²) >= 11 is 1.37. The van der Waals surface area contributed by atoms with Gasteiger partial charge in [-0.1, -0.05) is 19.1 Å². The van der Waals surface area contributed by atoms with Crippen LogP contribution in [0, 0.1) is 0 Å². The second kappa shape index (κ2) is 7.75. The van der Waals surface area contributed by atoms with Crippen molar-refractivity contribution >= 4 is 22.4 Å². The zero-order chi connectivity index (χ0) is 20.5. The Morgan fingerprint density at radius 2 is 1.93 bits per heavy atom. The average molecular weight is 410 g/mol. The summed E-state index contributed by atoms with van der Waals surface area (Å²) in [6.07, 6.45) is 0.0514. The first-order valence-electron chi connectivity index (χ1n) is 9.30. The minimum atomic E-state index is -0.226. The van der Waals surface area contributed by atoms with Crippen LogP contribution in [-0.4, -0.2) is 31.2 Å². The molecule has 0 radical (unpaired) electrons. The van der Waals surface area contributed by atoms with Crippen LogP contribution >= 0.6 is 11.3 Å². The fourth-order valence-corrected chi connectivity index (χ4v) is 4.10. The average Bonchev–Trinajstić information content (AvgIpc) is 3.32. The van der Waals surface area contributed by atoms with Gasteiger partial charge in [-0.25, -0.2) is 4.98 Å². The molecule has 6 nitrogen and oxygen atoms in total. The summed E-state index contributed by atoms with van der Waals surface area (Å²) in [5.41, 5.74) is 3.23. The van der Waals surface area contributed by atoms with Gasteiger partial charge in [0.05, 0.1) is 25.5 Å². The summed E-state index contributed by atoms with van der Waals surface area (Å²) in [5.74, 6) is 1.98. The molecule has 0 saturated heterocycles. The van der Waals surface area contributed by atoms with E-state index in [0.29, 0.717) is 27.9 Å². The molecule has 2 heterocycles. The van der Waals surface area contributed by atoms with Crippen molar-refractivity contribution in [2.45, 2.75) is 25.9 Å². The zero-order valence-corrected chi connectivity index (χ0v) is 17.5. The third-order valence-corrected chi connectivity index (χ3v) is 5.95. The number of nitrogens with zero attached hydrogens (tertiary/aromatic N) is 1. The lowest BCUT2D eigenvalue weighted by Gasteiger charge is -2.09. The van der Waals surface area contributed by atoms with Crippen LogP contribution < -0.4 is 19.5 Å². The van der Waals surface area contributed by atoms with E-state index in [0.717, 1.165) is 16.8 Å². The molecule has 29 heavy (non-hydrogen) atoms. The molecule has 1 aromatic heterocycles. The molecule has 1 amide bonds. The van der Waals surface area contributed by atoms with Crippen LogP contribution in [0.5, 0.6) is 17.2 Å². The van der Waals surface area contributed by atoms with E-state index in [1.54, 1.807) is 20.3 Å². The number of methoxy groups -OCH3 is 2. The first-order valence-corrected chi connectivity index (χ1v) is 10.2. The quantitative estimate of drug-likeness (QED) is 0.643. The number of hydrogen-bond donors (Lipinski definition) is 1. The molecule has 1 N–H and O–H groups in total. The number of carbonyl (C=O) groups is 1. The van der Waals surface area contributed by atoms with Gasteiger partial charge in [-0.2, -0.15) is 0 Å². The Balaban J connectivity index is 1.56. The molecule has 1 aliphatic rings. The van der Waals surface area contributed by atoms with Crippen LogP contribution in [0.3, 0.4) is 0 Å².